The van der Waals surface area contributed by atoms with Gasteiger partial charge >= 0.3 is 0 Å². The monoisotopic (exact) mass is 427 g/mol. The van der Waals surface area contributed by atoms with E-state index in [1.54, 1.807) is 10.8 Å². The molecule has 1 aliphatic rings. The molecular formula is C20H33N3O3S2. The number of carbonyl (C=O) groups is 1. The third kappa shape index (κ3) is 7.91. The minimum Gasteiger partial charge on any atom is -0.390 e. The van der Waals surface area contributed by atoms with Gasteiger partial charge in [-0.2, -0.15) is 0 Å². The number of aliphatic hydroxyl groups excluding tert-OH is 2. The normalized spacial score (nSPS) is 16.4. The van der Waals surface area contributed by atoms with E-state index >= 15 is 0 Å². The molecule has 1 aliphatic heterocycles. The molecular weight excluding hydrogens is 394 g/mol. The predicted octanol–water partition coefficient (Wildman–Crippen LogP) is 2.32. The van der Waals surface area contributed by atoms with Crippen molar-refractivity contribution >= 4 is 27.5 Å². The van der Waals surface area contributed by atoms with Gasteiger partial charge in [0.25, 0.3) is 0 Å². The Labute approximate surface area is 176 Å². The van der Waals surface area contributed by atoms with E-state index in [2.05, 4.69) is 23.1 Å². The predicted molar refractivity (Wildman–Crippen MR) is 117 cm³/mol. The molecule has 1 amide bonds. The second kappa shape index (κ2) is 12.7. The number of pyridine rings is 1. The Morgan fingerprint density at radius 1 is 1.18 bits per heavy atom. The lowest BCUT2D eigenvalue weighted by atomic mass is 10.1. The highest BCUT2D eigenvalue weighted by Gasteiger charge is 2.21. The molecule has 0 aromatic carbocycles. The molecule has 8 heteroatoms. The molecule has 1 saturated heterocycles. The lowest BCUT2D eigenvalue weighted by Crippen LogP contribution is -2.48. The summed E-state index contributed by atoms with van der Waals surface area (Å²) in [6, 6.07) is 3.82. The van der Waals surface area contributed by atoms with Crippen LogP contribution >= 0.6 is 21.6 Å². The SMILES string of the molecule is CSSC(C)CCC(=O)N1CCN(CCCc2cc(CO)nc(CO)c2)CC1. The fourth-order valence-corrected chi connectivity index (χ4v) is 5.27. The first-order valence-electron chi connectivity index (χ1n) is 9.95. The van der Waals surface area contributed by atoms with Gasteiger partial charge in [0.05, 0.1) is 24.6 Å². The molecule has 2 N–H and O–H groups in total. The Kier molecular flexibility index (Phi) is 10.6. The summed E-state index contributed by atoms with van der Waals surface area (Å²) in [5.41, 5.74) is 2.33. The van der Waals surface area contributed by atoms with Gasteiger partial charge < -0.3 is 15.1 Å². The first kappa shape index (κ1) is 23.5. The van der Waals surface area contributed by atoms with Crippen LogP contribution in [0.1, 0.15) is 43.1 Å². The number of amides is 1. The van der Waals surface area contributed by atoms with Crippen molar-refractivity contribution in [1.29, 1.82) is 0 Å². The van der Waals surface area contributed by atoms with Crippen LogP contribution in [0.4, 0.5) is 0 Å². The lowest BCUT2D eigenvalue weighted by Gasteiger charge is -2.35. The van der Waals surface area contributed by atoms with E-state index < -0.39 is 0 Å². The largest absolute Gasteiger partial charge is 0.390 e. The molecule has 6 nitrogen and oxygen atoms in total. The average Bonchev–Trinajstić information content (AvgIpc) is 2.72. The van der Waals surface area contributed by atoms with E-state index in [0.717, 1.165) is 57.5 Å². The Morgan fingerprint density at radius 3 is 2.39 bits per heavy atom. The summed E-state index contributed by atoms with van der Waals surface area (Å²) >= 11 is 0. The molecule has 1 aromatic heterocycles. The smallest absolute Gasteiger partial charge is 0.222 e. The summed E-state index contributed by atoms with van der Waals surface area (Å²) < 4.78 is 0. The molecule has 2 heterocycles. The zero-order valence-corrected chi connectivity index (χ0v) is 18.6. The third-order valence-electron chi connectivity index (χ3n) is 5.01. The fraction of sp³-hybridized carbons (Fsp3) is 0.700. The first-order chi connectivity index (χ1) is 13.5. The van der Waals surface area contributed by atoms with Crippen LogP contribution in [0, 0.1) is 0 Å². The maximum Gasteiger partial charge on any atom is 0.222 e. The van der Waals surface area contributed by atoms with Crippen LogP contribution in [-0.4, -0.2) is 75.1 Å². The van der Waals surface area contributed by atoms with Gasteiger partial charge in [-0.1, -0.05) is 28.5 Å². The molecule has 2 rings (SSSR count). The van der Waals surface area contributed by atoms with E-state index in [-0.39, 0.29) is 19.1 Å². The summed E-state index contributed by atoms with van der Waals surface area (Å²) in [6.45, 7) is 6.47. The van der Waals surface area contributed by atoms with Crippen LogP contribution in [0.5, 0.6) is 0 Å². The number of hydrogen-bond donors (Lipinski definition) is 2. The standard InChI is InChI=1S/C20H33N3O3S2/c1-16(28-27-2)5-6-20(26)23-10-8-22(9-11-23)7-3-4-17-12-18(14-24)21-19(13-17)15-25/h12-13,16,24-25H,3-11,14-15H2,1-2H3. The lowest BCUT2D eigenvalue weighted by molar-refractivity contribution is -0.133. The van der Waals surface area contributed by atoms with Gasteiger partial charge in [0.2, 0.25) is 5.91 Å². The molecule has 1 unspecified atom stereocenters. The number of aryl methyl sites for hydroxylation is 1. The quantitative estimate of drug-likeness (QED) is 0.525. The van der Waals surface area contributed by atoms with Crippen LogP contribution in [0.25, 0.3) is 0 Å². The second-order valence-corrected chi connectivity index (χ2v) is 10.1. The van der Waals surface area contributed by atoms with Gasteiger partial charge in [0, 0.05) is 37.8 Å². The molecule has 1 atom stereocenters. The molecule has 0 aliphatic carbocycles. The Morgan fingerprint density at radius 2 is 1.82 bits per heavy atom. The highest BCUT2D eigenvalue weighted by molar-refractivity contribution is 8.76. The van der Waals surface area contributed by atoms with Crippen molar-refractivity contribution in [3.8, 4) is 0 Å². The van der Waals surface area contributed by atoms with Crippen LogP contribution in [-0.2, 0) is 24.4 Å². The van der Waals surface area contributed by atoms with Crippen LogP contribution in [0.15, 0.2) is 12.1 Å². The summed E-state index contributed by atoms with van der Waals surface area (Å²) in [4.78, 5) is 21.0. The zero-order valence-electron chi connectivity index (χ0n) is 17.0. The van der Waals surface area contributed by atoms with Crippen molar-refractivity contribution in [1.82, 2.24) is 14.8 Å². The number of aromatic nitrogens is 1. The Bertz CT molecular complexity index is 588. The average molecular weight is 428 g/mol. The Balaban J connectivity index is 1.68. The zero-order chi connectivity index (χ0) is 20.4. The fourth-order valence-electron chi connectivity index (χ4n) is 3.45. The van der Waals surface area contributed by atoms with Gasteiger partial charge in [-0.05, 0) is 49.8 Å². The topological polar surface area (TPSA) is 76.9 Å². The molecule has 158 valence electrons. The van der Waals surface area contributed by atoms with E-state index in [0.29, 0.717) is 23.1 Å². The molecule has 0 radical (unpaired) electrons. The van der Waals surface area contributed by atoms with Crippen molar-refractivity contribution in [3.63, 3.8) is 0 Å². The van der Waals surface area contributed by atoms with Crippen molar-refractivity contribution in [2.75, 3.05) is 39.0 Å². The van der Waals surface area contributed by atoms with Crippen LogP contribution in [0.3, 0.4) is 0 Å². The van der Waals surface area contributed by atoms with E-state index in [1.165, 1.54) is 0 Å². The number of rotatable bonds is 11. The summed E-state index contributed by atoms with van der Waals surface area (Å²) in [7, 11) is 3.60. The highest BCUT2D eigenvalue weighted by atomic mass is 33.1. The van der Waals surface area contributed by atoms with E-state index in [9.17, 15) is 15.0 Å². The van der Waals surface area contributed by atoms with Crippen molar-refractivity contribution in [3.05, 3.63) is 29.1 Å². The number of nitrogens with zero attached hydrogens (tertiary/aromatic N) is 3. The second-order valence-electron chi connectivity index (χ2n) is 7.21. The van der Waals surface area contributed by atoms with Gasteiger partial charge in [-0.25, -0.2) is 0 Å². The van der Waals surface area contributed by atoms with E-state index in [1.807, 2.05) is 27.8 Å². The minimum absolute atomic E-state index is 0.106. The van der Waals surface area contributed by atoms with E-state index in [4.69, 9.17) is 0 Å². The third-order valence-corrected chi connectivity index (χ3v) is 7.32. The number of hydrogen-bond acceptors (Lipinski definition) is 7. The molecule has 1 fully saturated rings. The van der Waals surface area contributed by atoms with Crippen LogP contribution in [0.2, 0.25) is 0 Å². The summed E-state index contributed by atoms with van der Waals surface area (Å²) in [5, 5.41) is 19.1. The summed E-state index contributed by atoms with van der Waals surface area (Å²) in [5.74, 6) is 0.290. The maximum atomic E-state index is 12.4. The number of piperazine rings is 1. The first-order valence-corrected chi connectivity index (χ1v) is 12.6. The molecule has 0 spiro atoms. The number of aliphatic hydroxyl groups is 2. The summed E-state index contributed by atoms with van der Waals surface area (Å²) in [6.07, 6.45) is 5.58. The molecule has 0 bridgehead atoms. The molecule has 1 aromatic rings. The number of carbonyl (C=O) groups excluding carboxylic acids is 1. The molecule has 28 heavy (non-hydrogen) atoms. The van der Waals surface area contributed by atoms with Gasteiger partial charge in [-0.3, -0.25) is 14.7 Å². The Hall–Kier alpha value is -0.800. The highest BCUT2D eigenvalue weighted by Crippen LogP contribution is 2.26. The molecule has 0 saturated carbocycles. The van der Waals surface area contributed by atoms with Crippen molar-refractivity contribution in [2.24, 2.45) is 0 Å². The minimum atomic E-state index is -0.106. The van der Waals surface area contributed by atoms with Gasteiger partial charge in [-0.15, -0.1) is 0 Å². The van der Waals surface area contributed by atoms with Gasteiger partial charge in [0.1, 0.15) is 0 Å². The van der Waals surface area contributed by atoms with Gasteiger partial charge in [0.15, 0.2) is 0 Å². The maximum absolute atomic E-state index is 12.4. The van der Waals surface area contributed by atoms with Crippen molar-refractivity contribution in [2.45, 2.75) is 51.1 Å². The van der Waals surface area contributed by atoms with Crippen LogP contribution < -0.4 is 0 Å². The van der Waals surface area contributed by atoms with Crippen molar-refractivity contribution < 1.29 is 15.0 Å².